The average Bonchev–Trinajstić information content (AvgIpc) is 1.53. The predicted octanol–water partition coefficient (Wildman–Crippen LogP) is -1.65. The first-order valence-corrected chi connectivity index (χ1v) is 2.97. The molecule has 0 saturated heterocycles. The van der Waals surface area contributed by atoms with E-state index in [9.17, 15) is 14.7 Å². The summed E-state index contributed by atoms with van der Waals surface area (Å²) in [5.41, 5.74) is -1.72. The van der Waals surface area contributed by atoms with E-state index >= 15 is 0 Å². The molecule has 1 atom stereocenters. The molecule has 0 radical (unpaired) electrons. The molecule has 5 heteroatoms. The quantitative estimate of drug-likeness (QED) is 0.515. The predicted molar refractivity (Wildman–Crippen MR) is 32.5 cm³/mol. The van der Waals surface area contributed by atoms with Crippen LogP contribution in [0.3, 0.4) is 0 Å². The van der Waals surface area contributed by atoms with Crippen LogP contribution < -0.4 is 5.11 Å². The molecule has 0 fully saturated rings. The van der Waals surface area contributed by atoms with Crippen molar-refractivity contribution in [2.24, 2.45) is 0 Å². The highest BCUT2D eigenvalue weighted by atomic mass is 16.4. The summed E-state index contributed by atoms with van der Waals surface area (Å²) in [5, 5.41) is 27.2. The number of rotatable bonds is 4. The molecule has 11 heavy (non-hydrogen) atoms. The molecule has 64 valence electrons. The lowest BCUT2D eigenvalue weighted by molar-refractivity contribution is -0.309. The second-order valence-corrected chi connectivity index (χ2v) is 2.62. The van der Waals surface area contributed by atoms with E-state index in [4.69, 9.17) is 10.2 Å². The van der Waals surface area contributed by atoms with Crippen LogP contribution in [-0.4, -0.2) is 27.8 Å². The second-order valence-electron chi connectivity index (χ2n) is 2.62. The smallest absolute Gasteiger partial charge is 0.306 e. The largest absolute Gasteiger partial charge is 0.550 e. The van der Waals surface area contributed by atoms with E-state index in [0.29, 0.717) is 0 Å². The average molecular weight is 161 g/mol. The summed E-state index contributed by atoms with van der Waals surface area (Å²) in [4.78, 5) is 20.0. The van der Waals surface area contributed by atoms with Crippen LogP contribution in [0.4, 0.5) is 0 Å². The molecule has 5 nitrogen and oxygen atoms in total. The molecule has 0 amide bonds. The molecule has 0 saturated carbocycles. The first-order valence-electron chi connectivity index (χ1n) is 2.97. The minimum atomic E-state index is -1.72. The SMILES string of the molecule is CC(O)(CC(=O)[O-])CC(=O)O. The third-order valence-electron chi connectivity index (χ3n) is 1.06. The van der Waals surface area contributed by atoms with Gasteiger partial charge in [0.1, 0.15) is 0 Å². The van der Waals surface area contributed by atoms with Gasteiger partial charge in [0.2, 0.25) is 0 Å². The van der Waals surface area contributed by atoms with Gasteiger partial charge in [-0.2, -0.15) is 0 Å². The molecule has 1 unspecified atom stereocenters. The highest BCUT2D eigenvalue weighted by Crippen LogP contribution is 2.12. The Labute approximate surface area is 63.3 Å². The van der Waals surface area contributed by atoms with Crippen molar-refractivity contribution in [2.75, 3.05) is 0 Å². The Kier molecular flexibility index (Phi) is 3.00. The summed E-state index contributed by atoms with van der Waals surface area (Å²) in [5.74, 6) is -2.70. The molecule has 0 aromatic heterocycles. The zero-order valence-electron chi connectivity index (χ0n) is 6.03. The van der Waals surface area contributed by atoms with E-state index in [1.165, 1.54) is 0 Å². The van der Waals surface area contributed by atoms with Crippen LogP contribution in [0.1, 0.15) is 19.8 Å². The van der Waals surface area contributed by atoms with Gasteiger partial charge in [0, 0.05) is 12.4 Å². The van der Waals surface area contributed by atoms with Gasteiger partial charge in [-0.25, -0.2) is 0 Å². The van der Waals surface area contributed by atoms with E-state index in [1.807, 2.05) is 0 Å². The summed E-state index contributed by atoms with van der Waals surface area (Å²) >= 11 is 0. The molecule has 0 aromatic rings. The van der Waals surface area contributed by atoms with Crippen molar-refractivity contribution in [3.8, 4) is 0 Å². The maximum atomic E-state index is 10.0. The molecule has 0 aliphatic carbocycles. The van der Waals surface area contributed by atoms with Gasteiger partial charge in [-0.3, -0.25) is 4.79 Å². The molecule has 0 aliphatic heterocycles. The van der Waals surface area contributed by atoms with E-state index in [1.54, 1.807) is 0 Å². The molecule has 0 rings (SSSR count). The Balaban J connectivity index is 3.99. The normalized spacial score (nSPS) is 15.5. The Bertz CT molecular complexity index is 154. The Morgan fingerprint density at radius 2 is 1.91 bits per heavy atom. The van der Waals surface area contributed by atoms with Gasteiger partial charge in [0.25, 0.3) is 0 Å². The van der Waals surface area contributed by atoms with Crippen LogP contribution in [0.2, 0.25) is 0 Å². The summed E-state index contributed by atoms with van der Waals surface area (Å²) in [6.45, 7) is 1.14. The minimum absolute atomic E-state index is 0.596. The first-order chi connectivity index (χ1) is 4.83. The molecule has 0 aromatic carbocycles. The maximum absolute atomic E-state index is 10.0. The van der Waals surface area contributed by atoms with Gasteiger partial charge in [-0.05, 0) is 6.92 Å². The number of hydrogen-bond donors (Lipinski definition) is 2. The highest BCUT2D eigenvalue weighted by molar-refractivity contribution is 5.71. The van der Waals surface area contributed by atoms with Crippen molar-refractivity contribution in [1.82, 2.24) is 0 Å². The molecule has 0 bridgehead atoms. The minimum Gasteiger partial charge on any atom is -0.550 e. The zero-order valence-corrected chi connectivity index (χ0v) is 6.03. The van der Waals surface area contributed by atoms with Crippen LogP contribution in [0.25, 0.3) is 0 Å². The highest BCUT2D eigenvalue weighted by Gasteiger charge is 2.23. The van der Waals surface area contributed by atoms with Crippen molar-refractivity contribution in [3.05, 3.63) is 0 Å². The lowest BCUT2D eigenvalue weighted by Gasteiger charge is -2.20. The third kappa shape index (κ3) is 5.35. The topological polar surface area (TPSA) is 97.7 Å². The summed E-state index contributed by atoms with van der Waals surface area (Å²) in [6.07, 6.45) is -1.26. The Morgan fingerprint density at radius 1 is 1.45 bits per heavy atom. The van der Waals surface area contributed by atoms with E-state index in [2.05, 4.69) is 0 Å². The number of carboxylic acids is 2. The Morgan fingerprint density at radius 3 is 2.18 bits per heavy atom. The van der Waals surface area contributed by atoms with E-state index in [-0.39, 0.29) is 0 Å². The third-order valence-corrected chi connectivity index (χ3v) is 1.06. The van der Waals surface area contributed by atoms with Gasteiger partial charge < -0.3 is 20.1 Å². The number of aliphatic carboxylic acids is 2. The van der Waals surface area contributed by atoms with Crippen LogP contribution in [0, 0.1) is 0 Å². The molecular weight excluding hydrogens is 152 g/mol. The van der Waals surface area contributed by atoms with Crippen molar-refractivity contribution in [1.29, 1.82) is 0 Å². The van der Waals surface area contributed by atoms with E-state index < -0.39 is 30.4 Å². The fourth-order valence-corrected chi connectivity index (χ4v) is 0.699. The van der Waals surface area contributed by atoms with Gasteiger partial charge in [0.05, 0.1) is 12.0 Å². The number of carbonyl (C=O) groups is 2. The van der Waals surface area contributed by atoms with Gasteiger partial charge in [0.15, 0.2) is 0 Å². The van der Waals surface area contributed by atoms with Crippen LogP contribution in [0.5, 0.6) is 0 Å². The van der Waals surface area contributed by atoms with Crippen LogP contribution in [0.15, 0.2) is 0 Å². The molecule has 0 heterocycles. The fraction of sp³-hybridized carbons (Fsp3) is 0.667. The van der Waals surface area contributed by atoms with Crippen molar-refractivity contribution >= 4 is 11.9 Å². The lowest BCUT2D eigenvalue weighted by Crippen LogP contribution is -2.36. The van der Waals surface area contributed by atoms with Crippen molar-refractivity contribution < 1.29 is 24.9 Å². The molecule has 0 aliphatic rings. The van der Waals surface area contributed by atoms with Crippen molar-refractivity contribution in [2.45, 2.75) is 25.4 Å². The standard InChI is InChI=1S/C6H10O5/c1-6(11,2-4(7)8)3-5(9)10/h11H,2-3H2,1H3,(H,7,8)(H,9,10)/p-1. The molecule has 0 spiro atoms. The van der Waals surface area contributed by atoms with Crippen LogP contribution in [-0.2, 0) is 9.59 Å². The number of aliphatic hydroxyl groups is 1. The second kappa shape index (κ2) is 3.34. The maximum Gasteiger partial charge on any atom is 0.306 e. The van der Waals surface area contributed by atoms with Gasteiger partial charge in [-0.1, -0.05) is 0 Å². The van der Waals surface area contributed by atoms with E-state index in [0.717, 1.165) is 6.92 Å². The number of carbonyl (C=O) groups excluding carboxylic acids is 1. The molecule has 2 N–H and O–H groups in total. The fourth-order valence-electron chi connectivity index (χ4n) is 0.699. The number of carboxylic acid groups (broad SMARTS) is 2. The van der Waals surface area contributed by atoms with Crippen LogP contribution >= 0.6 is 0 Å². The zero-order chi connectivity index (χ0) is 9.07. The lowest BCUT2D eigenvalue weighted by atomic mass is 9.99. The van der Waals surface area contributed by atoms with Gasteiger partial charge >= 0.3 is 5.97 Å². The van der Waals surface area contributed by atoms with Crippen molar-refractivity contribution in [3.63, 3.8) is 0 Å². The summed E-state index contributed by atoms with van der Waals surface area (Å²) in [6, 6.07) is 0. The van der Waals surface area contributed by atoms with Gasteiger partial charge in [-0.15, -0.1) is 0 Å². The first kappa shape index (κ1) is 9.90. The summed E-state index contributed by atoms with van der Waals surface area (Å²) in [7, 11) is 0. The molecular formula is C6H9O5-. The Hall–Kier alpha value is -1.10. The summed E-state index contributed by atoms with van der Waals surface area (Å²) < 4.78 is 0. The monoisotopic (exact) mass is 161 g/mol. The number of hydrogen-bond acceptors (Lipinski definition) is 4.